The number of sulfone groups is 1. The molecule has 2 aromatic rings. The minimum Gasteiger partial charge on any atom is -0.475 e. The van der Waals surface area contributed by atoms with Crippen LogP contribution in [0.2, 0.25) is 0 Å². The molecular weight excluding hydrogens is 482 g/mol. The summed E-state index contributed by atoms with van der Waals surface area (Å²) in [6.07, 6.45) is -3.11. The summed E-state index contributed by atoms with van der Waals surface area (Å²) >= 11 is 0. The van der Waals surface area contributed by atoms with Gasteiger partial charge >= 0.3 is 12.1 Å². The van der Waals surface area contributed by atoms with Gasteiger partial charge in [0.25, 0.3) is 0 Å². The number of carboxylic acid groups (broad SMARTS) is 1. The number of aliphatic carboxylic acids is 1. The molecule has 2 aliphatic rings. The van der Waals surface area contributed by atoms with E-state index in [1.54, 1.807) is 6.20 Å². The number of hydrogen-bond acceptors (Lipinski definition) is 6. The maximum Gasteiger partial charge on any atom is 0.490 e. The highest BCUT2D eigenvalue weighted by Gasteiger charge is 2.45. The molecule has 1 aromatic heterocycles. The van der Waals surface area contributed by atoms with E-state index >= 15 is 0 Å². The lowest BCUT2D eigenvalue weighted by molar-refractivity contribution is -0.192. The van der Waals surface area contributed by atoms with Crippen LogP contribution in [0.4, 0.5) is 26.3 Å². The first kappa shape index (κ1) is 25.0. The number of H-pyrrole nitrogens is 1. The van der Waals surface area contributed by atoms with Gasteiger partial charge in [-0.1, -0.05) is 0 Å². The third-order valence-electron chi connectivity index (χ3n) is 5.37. The van der Waals surface area contributed by atoms with Crippen LogP contribution in [0.25, 0.3) is 0 Å². The number of carbonyl (C=O) groups is 1. The minimum absolute atomic E-state index is 0.249. The third-order valence-corrected chi connectivity index (χ3v) is 7.60. The van der Waals surface area contributed by atoms with Crippen molar-refractivity contribution in [2.24, 2.45) is 5.73 Å². The Balaban J connectivity index is 0.000000383. The molecule has 2 aliphatic heterocycles. The molecule has 3 atom stereocenters. The van der Waals surface area contributed by atoms with Crippen LogP contribution < -0.4 is 5.73 Å². The SMILES string of the molecule is N[C@H]1C[C@@H](N2Cc3cn[nH]c3C2)CS(=O)(=O)C1c1cc(F)cc(F)c1F.O=C(O)C(F)(F)F. The van der Waals surface area contributed by atoms with Gasteiger partial charge in [0.1, 0.15) is 11.1 Å². The predicted octanol–water partition coefficient (Wildman–Crippen LogP) is 2.03. The molecule has 1 unspecified atom stereocenters. The molecule has 4 rings (SSSR count). The maximum absolute atomic E-state index is 14.1. The largest absolute Gasteiger partial charge is 0.490 e. The van der Waals surface area contributed by atoms with E-state index in [0.717, 1.165) is 11.3 Å². The number of nitrogens with one attached hydrogen (secondary N) is 1. The van der Waals surface area contributed by atoms with E-state index in [-0.39, 0.29) is 18.2 Å². The molecule has 33 heavy (non-hydrogen) atoms. The lowest BCUT2D eigenvalue weighted by Gasteiger charge is -2.38. The molecule has 0 saturated carbocycles. The first-order valence-electron chi connectivity index (χ1n) is 9.37. The molecule has 0 spiro atoms. The highest BCUT2D eigenvalue weighted by atomic mass is 32.2. The van der Waals surface area contributed by atoms with Crippen molar-refractivity contribution in [3.05, 3.63) is 52.6 Å². The summed E-state index contributed by atoms with van der Waals surface area (Å²) in [4.78, 5) is 10.9. The Morgan fingerprint density at radius 1 is 1.21 bits per heavy atom. The molecule has 8 nitrogen and oxygen atoms in total. The number of fused-ring (bicyclic) bond motifs is 1. The van der Waals surface area contributed by atoms with Crippen LogP contribution in [0.1, 0.15) is 28.5 Å². The van der Waals surface area contributed by atoms with Gasteiger partial charge in [-0.2, -0.15) is 18.3 Å². The number of aromatic nitrogens is 2. The highest BCUT2D eigenvalue weighted by Crippen LogP contribution is 2.38. The Morgan fingerprint density at radius 2 is 1.85 bits per heavy atom. The van der Waals surface area contributed by atoms with Gasteiger partial charge in [-0.25, -0.2) is 26.4 Å². The van der Waals surface area contributed by atoms with Crippen molar-refractivity contribution in [3.8, 4) is 0 Å². The van der Waals surface area contributed by atoms with Gasteiger partial charge in [-0.3, -0.25) is 10.00 Å². The van der Waals surface area contributed by atoms with Gasteiger partial charge in [0.15, 0.2) is 21.5 Å². The highest BCUT2D eigenvalue weighted by molar-refractivity contribution is 7.91. The molecule has 0 radical (unpaired) electrons. The number of rotatable bonds is 2. The monoisotopic (exact) mass is 500 g/mol. The number of halogens is 6. The summed E-state index contributed by atoms with van der Waals surface area (Å²) in [5.41, 5.74) is 7.44. The van der Waals surface area contributed by atoms with E-state index in [4.69, 9.17) is 15.6 Å². The zero-order valence-corrected chi connectivity index (χ0v) is 17.4. The first-order chi connectivity index (χ1) is 15.2. The van der Waals surface area contributed by atoms with Gasteiger partial charge in [0.2, 0.25) is 0 Å². The molecule has 0 aliphatic carbocycles. The van der Waals surface area contributed by atoms with Crippen LogP contribution in [0.5, 0.6) is 0 Å². The van der Waals surface area contributed by atoms with Crippen molar-refractivity contribution >= 4 is 15.8 Å². The average Bonchev–Trinajstić information content (AvgIpc) is 3.26. The summed E-state index contributed by atoms with van der Waals surface area (Å²) in [5, 5.41) is 12.5. The summed E-state index contributed by atoms with van der Waals surface area (Å²) in [6, 6.07) is -0.220. The molecule has 0 amide bonds. The summed E-state index contributed by atoms with van der Waals surface area (Å²) in [6.45, 7) is 1.07. The molecule has 3 heterocycles. The van der Waals surface area contributed by atoms with Crippen LogP contribution in [0.15, 0.2) is 18.3 Å². The van der Waals surface area contributed by atoms with Crippen molar-refractivity contribution in [3.63, 3.8) is 0 Å². The van der Waals surface area contributed by atoms with Crippen molar-refractivity contribution in [1.29, 1.82) is 0 Å². The number of alkyl halides is 3. The normalized spacial score (nSPS) is 24.6. The fraction of sp³-hybridized carbons (Fsp3) is 0.444. The Kier molecular flexibility index (Phi) is 6.77. The minimum atomic E-state index is -5.08. The van der Waals surface area contributed by atoms with Gasteiger partial charge < -0.3 is 10.8 Å². The van der Waals surface area contributed by atoms with E-state index in [1.807, 2.05) is 4.90 Å². The van der Waals surface area contributed by atoms with Crippen LogP contribution in [-0.2, 0) is 27.7 Å². The van der Waals surface area contributed by atoms with Crippen molar-refractivity contribution in [1.82, 2.24) is 15.1 Å². The zero-order valence-electron chi connectivity index (χ0n) is 16.6. The van der Waals surface area contributed by atoms with Crippen molar-refractivity contribution < 1.29 is 44.7 Å². The van der Waals surface area contributed by atoms with Gasteiger partial charge in [-0.05, 0) is 12.5 Å². The fourth-order valence-corrected chi connectivity index (χ4v) is 6.25. The Labute approximate surface area is 183 Å². The number of carboxylic acids is 1. The second-order valence-corrected chi connectivity index (χ2v) is 9.84. The second kappa shape index (κ2) is 8.95. The van der Waals surface area contributed by atoms with Crippen LogP contribution in [-0.4, -0.2) is 58.6 Å². The smallest absolute Gasteiger partial charge is 0.475 e. The summed E-state index contributed by atoms with van der Waals surface area (Å²) < 4.78 is 98.6. The zero-order chi connectivity index (χ0) is 24.7. The standard InChI is InChI=1S/C16H17F3N4O2S.C2HF3O2/c17-9-1-11(15(19)12(18)2-9)16-13(20)3-10(7-26(16,24)25)23-5-8-4-21-22-14(8)6-23;3-2(4,5)1(6)7/h1-2,4,10,13,16H,3,5-7,20H2,(H,21,22);(H,6,7)/t10-,13+,16?;/m1./s1. The Hall–Kier alpha value is -2.65. The molecule has 182 valence electrons. The topological polar surface area (TPSA) is 129 Å². The quantitative estimate of drug-likeness (QED) is 0.425. The average molecular weight is 500 g/mol. The molecule has 4 N–H and O–H groups in total. The van der Waals surface area contributed by atoms with Gasteiger partial charge in [-0.15, -0.1) is 0 Å². The van der Waals surface area contributed by atoms with E-state index < -0.39 is 56.3 Å². The van der Waals surface area contributed by atoms with Crippen LogP contribution in [0.3, 0.4) is 0 Å². The molecule has 1 aromatic carbocycles. The van der Waals surface area contributed by atoms with E-state index in [0.29, 0.717) is 25.2 Å². The number of nitrogens with two attached hydrogens (primary N) is 1. The van der Waals surface area contributed by atoms with Gasteiger partial charge in [0.05, 0.1) is 17.6 Å². The van der Waals surface area contributed by atoms with E-state index in [1.165, 1.54) is 0 Å². The van der Waals surface area contributed by atoms with Crippen LogP contribution in [0, 0.1) is 17.5 Å². The molecule has 1 fully saturated rings. The number of nitrogens with zero attached hydrogens (tertiary/aromatic N) is 2. The third kappa shape index (κ3) is 5.30. The fourth-order valence-electron chi connectivity index (χ4n) is 3.95. The number of benzene rings is 1. The first-order valence-corrected chi connectivity index (χ1v) is 11.1. The second-order valence-electron chi connectivity index (χ2n) is 7.68. The molecular formula is C18H18F6N4O4S. The molecule has 15 heteroatoms. The lowest BCUT2D eigenvalue weighted by Crippen LogP contribution is -2.51. The molecule has 0 bridgehead atoms. The summed E-state index contributed by atoms with van der Waals surface area (Å²) in [5.74, 6) is -6.83. The van der Waals surface area contributed by atoms with E-state index in [2.05, 4.69) is 10.2 Å². The van der Waals surface area contributed by atoms with Crippen LogP contribution >= 0.6 is 0 Å². The van der Waals surface area contributed by atoms with Crippen molar-refractivity contribution in [2.75, 3.05) is 5.75 Å². The van der Waals surface area contributed by atoms with Gasteiger partial charge in [0, 0.05) is 42.4 Å². The Morgan fingerprint density at radius 3 is 2.39 bits per heavy atom. The molecule has 1 saturated heterocycles. The summed E-state index contributed by atoms with van der Waals surface area (Å²) in [7, 11) is -3.90. The predicted molar refractivity (Wildman–Crippen MR) is 101 cm³/mol. The van der Waals surface area contributed by atoms with E-state index in [9.17, 15) is 34.8 Å². The lowest BCUT2D eigenvalue weighted by atomic mass is 9.98. The maximum atomic E-state index is 14.1. The number of aromatic amines is 1. The van der Waals surface area contributed by atoms with Crippen molar-refractivity contribution in [2.45, 2.75) is 43.0 Å². The number of hydrogen-bond donors (Lipinski definition) is 3. The Bertz CT molecular complexity index is 1130.